The third-order valence-corrected chi connectivity index (χ3v) is 1.78. The molecule has 0 aliphatic rings. The monoisotopic (exact) mass is 248 g/mol. The third-order valence-electron chi connectivity index (χ3n) is 1.37. The molecular weight excluding hydrogens is 246 g/mol. The lowest BCUT2D eigenvalue weighted by Gasteiger charge is -1.89. The van der Waals surface area contributed by atoms with Crippen LogP contribution in [0.2, 0.25) is 0 Å². The van der Waals surface area contributed by atoms with Crippen LogP contribution in [-0.4, -0.2) is 19.6 Å². The minimum absolute atomic E-state index is 0.165. The van der Waals surface area contributed by atoms with Crippen molar-refractivity contribution in [3.05, 3.63) is 22.7 Å². The number of alkyl halides is 2. The summed E-state index contributed by atoms with van der Waals surface area (Å²) < 4.78 is 26.1. The quantitative estimate of drug-likeness (QED) is 0.774. The Morgan fingerprint density at radius 3 is 2.92 bits per heavy atom. The summed E-state index contributed by atoms with van der Waals surface area (Å²) in [5.41, 5.74) is 0. The van der Waals surface area contributed by atoms with Crippen molar-refractivity contribution in [1.29, 1.82) is 0 Å². The smallest absolute Gasteiger partial charge is 0.218 e. The molecule has 0 saturated heterocycles. The first-order valence-corrected chi connectivity index (χ1v) is 4.12. The molecular formula is C6H3BrF2N4. The van der Waals surface area contributed by atoms with Crippen LogP contribution >= 0.6 is 15.9 Å². The van der Waals surface area contributed by atoms with Crippen molar-refractivity contribution >= 4 is 21.7 Å². The van der Waals surface area contributed by atoms with Crippen LogP contribution in [0.1, 0.15) is 12.2 Å². The number of halogens is 3. The number of hydrogen-bond acceptors (Lipinski definition) is 3. The summed E-state index contributed by atoms with van der Waals surface area (Å²) in [6.45, 7) is 0. The molecule has 0 aliphatic heterocycles. The van der Waals surface area contributed by atoms with Gasteiger partial charge in [-0.25, -0.2) is 18.3 Å². The summed E-state index contributed by atoms with van der Waals surface area (Å²) in [6.07, 6.45) is 0.320. The van der Waals surface area contributed by atoms with E-state index in [0.29, 0.717) is 4.47 Å². The molecule has 2 aromatic rings. The first-order valence-electron chi connectivity index (χ1n) is 3.33. The second-order valence-corrected chi connectivity index (χ2v) is 3.20. The van der Waals surface area contributed by atoms with Gasteiger partial charge in [-0.15, -0.1) is 5.10 Å². The highest BCUT2D eigenvalue weighted by molar-refractivity contribution is 9.10. The highest BCUT2D eigenvalue weighted by Crippen LogP contribution is 2.15. The van der Waals surface area contributed by atoms with Crippen LogP contribution in [0.3, 0.4) is 0 Å². The van der Waals surface area contributed by atoms with E-state index >= 15 is 0 Å². The lowest BCUT2D eigenvalue weighted by Crippen LogP contribution is -1.90. The minimum atomic E-state index is -2.67. The maximum absolute atomic E-state index is 12.1. The van der Waals surface area contributed by atoms with Gasteiger partial charge in [0.2, 0.25) is 5.82 Å². The van der Waals surface area contributed by atoms with Crippen molar-refractivity contribution in [1.82, 2.24) is 19.6 Å². The zero-order chi connectivity index (χ0) is 9.42. The van der Waals surface area contributed by atoms with Gasteiger partial charge in [0.25, 0.3) is 12.2 Å². The van der Waals surface area contributed by atoms with E-state index in [9.17, 15) is 8.78 Å². The van der Waals surface area contributed by atoms with Crippen LogP contribution in [0.15, 0.2) is 16.9 Å². The van der Waals surface area contributed by atoms with Crippen LogP contribution in [0.5, 0.6) is 0 Å². The summed E-state index contributed by atoms with van der Waals surface area (Å²) in [6, 6.07) is 0. The van der Waals surface area contributed by atoms with Crippen LogP contribution in [0.25, 0.3) is 5.78 Å². The molecule has 0 saturated carbocycles. The molecule has 7 heteroatoms. The molecule has 0 atom stereocenters. The van der Waals surface area contributed by atoms with Gasteiger partial charge in [-0.05, 0) is 15.9 Å². The number of hydrogen-bond donors (Lipinski definition) is 0. The molecule has 0 aromatic carbocycles. The van der Waals surface area contributed by atoms with Gasteiger partial charge in [0.1, 0.15) is 0 Å². The van der Waals surface area contributed by atoms with Crippen LogP contribution < -0.4 is 0 Å². The first-order chi connectivity index (χ1) is 6.16. The number of aromatic nitrogens is 4. The van der Waals surface area contributed by atoms with Gasteiger partial charge in [0.05, 0.1) is 4.47 Å². The Balaban J connectivity index is 2.62. The first kappa shape index (κ1) is 8.49. The Hall–Kier alpha value is -1.11. The van der Waals surface area contributed by atoms with Gasteiger partial charge in [-0.2, -0.15) is 4.98 Å². The van der Waals surface area contributed by atoms with E-state index < -0.39 is 12.2 Å². The highest BCUT2D eigenvalue weighted by Gasteiger charge is 2.14. The molecule has 0 unspecified atom stereocenters. The summed E-state index contributed by atoms with van der Waals surface area (Å²) in [5.74, 6) is -0.343. The summed E-state index contributed by atoms with van der Waals surface area (Å²) in [7, 11) is 0. The van der Waals surface area contributed by atoms with Gasteiger partial charge < -0.3 is 0 Å². The van der Waals surface area contributed by atoms with Crippen LogP contribution in [0, 0.1) is 0 Å². The summed E-state index contributed by atoms with van der Waals surface area (Å²) in [4.78, 5) is 7.32. The molecule has 0 radical (unpaired) electrons. The fourth-order valence-electron chi connectivity index (χ4n) is 0.868. The predicted molar refractivity (Wildman–Crippen MR) is 43.4 cm³/mol. The maximum atomic E-state index is 12.1. The Bertz CT molecular complexity index is 441. The average molecular weight is 249 g/mol. The zero-order valence-electron chi connectivity index (χ0n) is 6.15. The van der Waals surface area contributed by atoms with Gasteiger partial charge >= 0.3 is 0 Å². The van der Waals surface area contributed by atoms with E-state index in [-0.39, 0.29) is 5.78 Å². The minimum Gasteiger partial charge on any atom is -0.218 e. The lowest BCUT2D eigenvalue weighted by molar-refractivity contribution is 0.140. The molecule has 2 aromatic heterocycles. The van der Waals surface area contributed by atoms with Crippen molar-refractivity contribution in [2.24, 2.45) is 0 Å². The highest BCUT2D eigenvalue weighted by atomic mass is 79.9. The van der Waals surface area contributed by atoms with Crippen LogP contribution in [0.4, 0.5) is 8.78 Å². The van der Waals surface area contributed by atoms with Gasteiger partial charge in [-0.1, -0.05) is 0 Å². The molecule has 4 nitrogen and oxygen atoms in total. The molecule has 0 fully saturated rings. The summed E-state index contributed by atoms with van der Waals surface area (Å²) in [5, 5.41) is 3.54. The average Bonchev–Trinajstić information content (AvgIpc) is 2.46. The van der Waals surface area contributed by atoms with Crippen molar-refractivity contribution in [2.75, 3.05) is 0 Å². The standard InChI is InChI=1S/C6H3BrF2N4/c7-3-1-10-6-11-5(4(8)9)12-13(6)2-3/h1-2,4H. The fourth-order valence-corrected chi connectivity index (χ4v) is 1.16. The Morgan fingerprint density at radius 1 is 1.46 bits per heavy atom. The topological polar surface area (TPSA) is 43.1 Å². The van der Waals surface area contributed by atoms with E-state index in [0.717, 1.165) is 0 Å². The summed E-state index contributed by atoms with van der Waals surface area (Å²) >= 11 is 3.14. The Kier molecular flexibility index (Phi) is 1.95. The molecule has 0 amide bonds. The van der Waals surface area contributed by atoms with Gasteiger partial charge in [0.15, 0.2) is 0 Å². The van der Waals surface area contributed by atoms with Crippen molar-refractivity contribution in [3.63, 3.8) is 0 Å². The predicted octanol–water partition coefficient (Wildman–Crippen LogP) is 1.82. The zero-order valence-corrected chi connectivity index (χ0v) is 7.74. The van der Waals surface area contributed by atoms with E-state index in [2.05, 4.69) is 31.0 Å². The molecule has 2 heterocycles. The molecule has 0 N–H and O–H groups in total. The Labute approximate surface area is 79.7 Å². The molecule has 0 bridgehead atoms. The van der Waals surface area contributed by atoms with E-state index in [1.807, 2.05) is 0 Å². The Morgan fingerprint density at radius 2 is 2.23 bits per heavy atom. The third kappa shape index (κ3) is 1.51. The molecule has 68 valence electrons. The normalized spacial score (nSPS) is 11.4. The molecule has 13 heavy (non-hydrogen) atoms. The number of rotatable bonds is 1. The second-order valence-electron chi connectivity index (χ2n) is 2.29. The second kappa shape index (κ2) is 2.99. The largest absolute Gasteiger partial charge is 0.299 e. The maximum Gasteiger partial charge on any atom is 0.299 e. The van der Waals surface area contributed by atoms with Gasteiger partial charge in [-0.3, -0.25) is 0 Å². The van der Waals surface area contributed by atoms with E-state index in [1.54, 1.807) is 0 Å². The van der Waals surface area contributed by atoms with Crippen molar-refractivity contribution < 1.29 is 8.78 Å². The SMILES string of the molecule is FC(F)c1nc2ncc(Br)cn2n1. The molecule has 2 rings (SSSR count). The van der Waals surface area contributed by atoms with Crippen molar-refractivity contribution in [3.8, 4) is 0 Å². The number of fused-ring (bicyclic) bond motifs is 1. The van der Waals surface area contributed by atoms with E-state index in [1.165, 1.54) is 16.9 Å². The van der Waals surface area contributed by atoms with Gasteiger partial charge in [0, 0.05) is 12.4 Å². The number of nitrogens with zero attached hydrogens (tertiary/aromatic N) is 4. The fraction of sp³-hybridized carbons (Fsp3) is 0.167. The van der Waals surface area contributed by atoms with Crippen LogP contribution in [-0.2, 0) is 0 Å². The van der Waals surface area contributed by atoms with Crippen molar-refractivity contribution in [2.45, 2.75) is 6.43 Å². The molecule has 0 aliphatic carbocycles. The molecule has 0 spiro atoms. The van der Waals surface area contributed by atoms with E-state index in [4.69, 9.17) is 0 Å². The lowest BCUT2D eigenvalue weighted by atomic mass is 10.7.